The normalized spacial score (nSPS) is 11.6. The monoisotopic (exact) mass is 234 g/mol. The van der Waals surface area contributed by atoms with E-state index in [1.165, 1.54) is 11.1 Å². The highest BCUT2D eigenvalue weighted by Crippen LogP contribution is 2.06. The van der Waals surface area contributed by atoms with Crippen LogP contribution in [0, 0.1) is 0 Å². The fourth-order valence-electron chi connectivity index (χ4n) is 1.04. The largest absolute Gasteiger partial charge is 0.343 e. The Balaban J connectivity index is 4.90. The molecule has 0 aromatic rings. The lowest BCUT2D eigenvalue weighted by Crippen LogP contribution is -2.43. The molecular weight excluding hydrogens is 216 g/mol. The Hall–Kier alpha value is -2.10. The van der Waals surface area contributed by atoms with Gasteiger partial charge in [-0.3, -0.25) is 9.59 Å². The molecule has 0 bridgehead atoms. The van der Waals surface area contributed by atoms with Gasteiger partial charge < -0.3 is 10.2 Å². The summed E-state index contributed by atoms with van der Waals surface area (Å²) in [5, 5.41) is 2.42. The number of nitrogens with one attached hydrogen (secondary N) is 1. The first kappa shape index (κ1) is 14.9. The van der Waals surface area contributed by atoms with Gasteiger partial charge in [-0.25, -0.2) is 0 Å². The molecule has 1 atom stereocenters. The second-order valence-corrected chi connectivity index (χ2v) is 3.60. The number of rotatable bonds is 7. The van der Waals surface area contributed by atoms with Crippen molar-refractivity contribution in [3.05, 3.63) is 49.2 Å². The lowest BCUT2D eigenvalue weighted by molar-refractivity contribution is -0.130. The van der Waals surface area contributed by atoms with Crippen molar-refractivity contribution in [3.8, 4) is 0 Å². The van der Waals surface area contributed by atoms with Crippen LogP contribution in [0.25, 0.3) is 0 Å². The van der Waals surface area contributed by atoms with E-state index >= 15 is 0 Å². The van der Waals surface area contributed by atoms with Crippen LogP contribution in [0.4, 0.5) is 0 Å². The van der Waals surface area contributed by atoms with Gasteiger partial charge in [0.1, 0.15) is 6.04 Å². The number of allylic oxidation sites excluding steroid dienone is 2. The molecule has 4 heteroatoms. The van der Waals surface area contributed by atoms with Crippen molar-refractivity contribution in [1.29, 1.82) is 0 Å². The molecule has 0 saturated heterocycles. The van der Waals surface area contributed by atoms with Crippen molar-refractivity contribution < 1.29 is 9.59 Å². The number of hydrogen-bond acceptors (Lipinski definition) is 2. The second kappa shape index (κ2) is 7.22. The van der Waals surface area contributed by atoms with Crippen LogP contribution in [0.5, 0.6) is 0 Å². The van der Waals surface area contributed by atoms with Crippen LogP contribution in [-0.4, -0.2) is 30.3 Å². The van der Waals surface area contributed by atoms with Gasteiger partial charge in [0.25, 0.3) is 5.91 Å². The smallest absolute Gasteiger partial charge is 0.253 e. The molecule has 0 aliphatic heterocycles. The van der Waals surface area contributed by atoms with E-state index in [9.17, 15) is 9.59 Å². The molecule has 0 saturated carbocycles. The first-order valence-corrected chi connectivity index (χ1v) is 5.05. The number of nitrogens with zero attached hydrogens (tertiary/aromatic N) is 1. The molecule has 1 N–H and O–H groups in total. The summed E-state index contributed by atoms with van der Waals surface area (Å²) in [6.45, 7) is 12.8. The highest BCUT2D eigenvalue weighted by molar-refractivity contribution is 5.87. The van der Waals surface area contributed by atoms with Crippen molar-refractivity contribution >= 4 is 12.3 Å². The number of hydrogen-bond donors (Lipinski definition) is 1. The van der Waals surface area contributed by atoms with Gasteiger partial charge in [0.15, 0.2) is 0 Å². The Morgan fingerprint density at radius 3 is 2.35 bits per heavy atom. The molecule has 0 aliphatic rings. The molecule has 0 rings (SSSR count). The van der Waals surface area contributed by atoms with Crippen LogP contribution < -0.4 is 5.32 Å². The first-order valence-electron chi connectivity index (χ1n) is 5.05. The summed E-state index contributed by atoms with van der Waals surface area (Å²) in [4.78, 5) is 23.6. The lowest BCUT2D eigenvalue weighted by Gasteiger charge is -2.20. The number of amides is 2. The van der Waals surface area contributed by atoms with E-state index in [2.05, 4.69) is 25.1 Å². The van der Waals surface area contributed by atoms with E-state index < -0.39 is 6.04 Å². The highest BCUT2D eigenvalue weighted by atomic mass is 16.2. The molecule has 1 unspecified atom stereocenters. The molecule has 0 heterocycles. The molecule has 0 aliphatic carbocycles. The Labute approximate surface area is 102 Å². The van der Waals surface area contributed by atoms with E-state index in [-0.39, 0.29) is 5.91 Å². The third kappa shape index (κ3) is 4.97. The SMILES string of the molecule is C=CN(C)C(=O)C(NC=O)C(=C)/C=C\C(=C)C. The summed E-state index contributed by atoms with van der Waals surface area (Å²) in [6, 6.07) is -0.786. The maximum Gasteiger partial charge on any atom is 0.253 e. The topological polar surface area (TPSA) is 49.4 Å². The van der Waals surface area contributed by atoms with E-state index in [0.717, 1.165) is 5.57 Å². The Kier molecular flexibility index (Phi) is 6.33. The maximum absolute atomic E-state index is 11.9. The predicted molar refractivity (Wildman–Crippen MR) is 69.0 cm³/mol. The van der Waals surface area contributed by atoms with E-state index in [1.807, 2.05) is 6.92 Å². The predicted octanol–water partition coefficient (Wildman–Crippen LogP) is 1.39. The van der Waals surface area contributed by atoms with E-state index in [0.29, 0.717) is 12.0 Å². The zero-order chi connectivity index (χ0) is 13.4. The Morgan fingerprint density at radius 2 is 1.94 bits per heavy atom. The maximum atomic E-state index is 11.9. The number of carbonyl (C=O) groups excluding carboxylic acids is 2. The van der Waals surface area contributed by atoms with Crippen LogP contribution in [0.2, 0.25) is 0 Å². The molecule has 17 heavy (non-hydrogen) atoms. The highest BCUT2D eigenvalue weighted by Gasteiger charge is 2.21. The molecule has 0 aromatic heterocycles. The third-order valence-electron chi connectivity index (χ3n) is 2.06. The van der Waals surface area contributed by atoms with Crippen molar-refractivity contribution in [2.24, 2.45) is 0 Å². The molecule has 0 radical (unpaired) electrons. The summed E-state index contributed by atoms with van der Waals surface area (Å²) in [6.07, 6.45) is 5.22. The Bertz CT molecular complexity index is 370. The molecule has 4 nitrogen and oxygen atoms in total. The zero-order valence-corrected chi connectivity index (χ0v) is 10.3. The van der Waals surface area contributed by atoms with Crippen LogP contribution in [0.1, 0.15) is 6.92 Å². The van der Waals surface area contributed by atoms with Gasteiger partial charge in [-0.15, -0.1) is 0 Å². The second-order valence-electron chi connectivity index (χ2n) is 3.60. The van der Waals surface area contributed by atoms with Crippen molar-refractivity contribution in [1.82, 2.24) is 10.2 Å². The quantitative estimate of drug-likeness (QED) is 0.534. The van der Waals surface area contributed by atoms with Gasteiger partial charge >= 0.3 is 0 Å². The standard InChI is InChI=1S/C13H18N2O2/c1-6-15(5)13(17)12(14-9-16)11(4)8-7-10(2)3/h6-9,12H,1-2,4H2,3,5H3,(H,14,16)/b8-7-. The summed E-state index contributed by atoms with van der Waals surface area (Å²) >= 11 is 0. The van der Waals surface area contributed by atoms with Gasteiger partial charge in [0, 0.05) is 7.05 Å². The van der Waals surface area contributed by atoms with Crippen LogP contribution >= 0.6 is 0 Å². The third-order valence-corrected chi connectivity index (χ3v) is 2.06. The van der Waals surface area contributed by atoms with Gasteiger partial charge in [-0.1, -0.05) is 37.5 Å². The van der Waals surface area contributed by atoms with E-state index in [1.54, 1.807) is 19.2 Å². The van der Waals surface area contributed by atoms with Crippen LogP contribution in [0.15, 0.2) is 49.2 Å². The molecule has 0 fully saturated rings. The fourth-order valence-corrected chi connectivity index (χ4v) is 1.04. The van der Waals surface area contributed by atoms with Gasteiger partial charge in [-0.2, -0.15) is 0 Å². The molecular formula is C13H18N2O2. The minimum absolute atomic E-state index is 0.302. The molecule has 0 spiro atoms. The first-order chi connectivity index (χ1) is 7.93. The molecule has 0 aromatic carbocycles. The molecule has 2 amide bonds. The molecule has 92 valence electrons. The van der Waals surface area contributed by atoms with Gasteiger partial charge in [0.05, 0.1) is 0 Å². The van der Waals surface area contributed by atoms with Crippen LogP contribution in [0.3, 0.4) is 0 Å². The van der Waals surface area contributed by atoms with E-state index in [4.69, 9.17) is 0 Å². The minimum Gasteiger partial charge on any atom is -0.343 e. The summed E-state index contributed by atoms with van der Waals surface area (Å²) < 4.78 is 0. The van der Waals surface area contributed by atoms with Crippen molar-refractivity contribution in [2.75, 3.05) is 7.05 Å². The van der Waals surface area contributed by atoms with Gasteiger partial charge in [-0.05, 0) is 18.7 Å². The summed E-state index contributed by atoms with van der Waals surface area (Å²) in [7, 11) is 1.56. The average molecular weight is 234 g/mol. The minimum atomic E-state index is -0.786. The zero-order valence-electron chi connectivity index (χ0n) is 10.3. The summed E-state index contributed by atoms with van der Waals surface area (Å²) in [5.41, 5.74) is 1.32. The fraction of sp³-hybridized carbons (Fsp3) is 0.231. The van der Waals surface area contributed by atoms with Crippen molar-refractivity contribution in [2.45, 2.75) is 13.0 Å². The number of carbonyl (C=O) groups is 2. The van der Waals surface area contributed by atoms with Crippen LogP contribution in [-0.2, 0) is 9.59 Å². The average Bonchev–Trinajstić information content (AvgIpc) is 2.31. The van der Waals surface area contributed by atoms with Gasteiger partial charge in [0.2, 0.25) is 6.41 Å². The lowest BCUT2D eigenvalue weighted by atomic mass is 10.1. The Morgan fingerprint density at radius 1 is 1.35 bits per heavy atom. The summed E-state index contributed by atoms with van der Waals surface area (Å²) in [5.74, 6) is -0.302. The van der Waals surface area contributed by atoms with Crippen molar-refractivity contribution in [3.63, 3.8) is 0 Å². The number of likely N-dealkylation sites (N-methyl/N-ethyl adjacent to an activating group) is 1.